The maximum Gasteiger partial charge on any atom is 0.247 e. The van der Waals surface area contributed by atoms with E-state index < -0.39 is 0 Å². The molecule has 6 nitrogen and oxygen atoms in total. The quantitative estimate of drug-likeness (QED) is 0.616. The van der Waals surface area contributed by atoms with Crippen LogP contribution in [0, 0.1) is 0 Å². The number of ether oxygens (including phenoxy) is 3. The van der Waals surface area contributed by atoms with E-state index in [-0.39, 0.29) is 12.0 Å². The van der Waals surface area contributed by atoms with Crippen LogP contribution in [0.3, 0.4) is 0 Å². The van der Waals surface area contributed by atoms with Crippen LogP contribution in [0.5, 0.6) is 11.5 Å². The first-order valence-electron chi connectivity index (χ1n) is 9.55. The molecule has 0 bridgehead atoms. The summed E-state index contributed by atoms with van der Waals surface area (Å²) in [7, 11) is 1.62. The van der Waals surface area contributed by atoms with Crippen molar-refractivity contribution in [3.8, 4) is 11.5 Å². The first-order chi connectivity index (χ1) is 13.6. The Kier molecular flexibility index (Phi) is 6.76. The van der Waals surface area contributed by atoms with Gasteiger partial charge in [-0.25, -0.2) is 0 Å². The van der Waals surface area contributed by atoms with E-state index in [9.17, 15) is 4.79 Å². The summed E-state index contributed by atoms with van der Waals surface area (Å²) in [4.78, 5) is 14.5. The average Bonchev–Trinajstić information content (AvgIpc) is 3.31. The molecule has 1 atom stereocenters. The van der Waals surface area contributed by atoms with Crippen LogP contribution < -0.4 is 9.47 Å². The smallest absolute Gasteiger partial charge is 0.247 e. The highest BCUT2D eigenvalue weighted by Gasteiger charge is 2.21. The molecule has 1 aliphatic rings. The molecular formula is C22H27NO5. The van der Waals surface area contributed by atoms with E-state index in [0.717, 1.165) is 34.8 Å². The van der Waals surface area contributed by atoms with Gasteiger partial charge in [-0.3, -0.25) is 4.79 Å². The van der Waals surface area contributed by atoms with Crippen LogP contribution in [0.25, 0.3) is 6.08 Å². The van der Waals surface area contributed by atoms with Crippen LogP contribution in [0.4, 0.5) is 0 Å². The van der Waals surface area contributed by atoms with Crippen molar-refractivity contribution < 1.29 is 23.4 Å². The number of hydrogen-bond donors (Lipinski definition) is 0. The van der Waals surface area contributed by atoms with Gasteiger partial charge in [-0.1, -0.05) is 0 Å². The number of nitrogens with zero attached hydrogens (tertiary/aromatic N) is 1. The third kappa shape index (κ3) is 4.95. The van der Waals surface area contributed by atoms with Gasteiger partial charge in [-0.15, -0.1) is 0 Å². The Morgan fingerprint density at radius 2 is 2.25 bits per heavy atom. The Morgan fingerprint density at radius 3 is 2.96 bits per heavy atom. The van der Waals surface area contributed by atoms with Gasteiger partial charge in [-0.05, 0) is 44.2 Å². The number of hydrogen-bond acceptors (Lipinski definition) is 5. The van der Waals surface area contributed by atoms with Gasteiger partial charge in [0.2, 0.25) is 5.91 Å². The number of furan rings is 1. The predicted octanol–water partition coefficient (Wildman–Crippen LogP) is 3.69. The van der Waals surface area contributed by atoms with Crippen LogP contribution >= 0.6 is 0 Å². The number of benzene rings is 1. The van der Waals surface area contributed by atoms with Crippen molar-refractivity contribution in [2.75, 3.05) is 26.9 Å². The molecule has 1 amide bonds. The van der Waals surface area contributed by atoms with E-state index in [4.69, 9.17) is 18.6 Å². The molecule has 1 aromatic heterocycles. The van der Waals surface area contributed by atoms with E-state index in [2.05, 4.69) is 0 Å². The summed E-state index contributed by atoms with van der Waals surface area (Å²) in [6, 6.07) is 7.62. The number of fused-ring (bicyclic) bond motifs is 1. The highest BCUT2D eigenvalue weighted by atomic mass is 16.5. The van der Waals surface area contributed by atoms with Gasteiger partial charge in [0.1, 0.15) is 23.4 Å². The van der Waals surface area contributed by atoms with E-state index in [1.807, 2.05) is 38.1 Å². The summed E-state index contributed by atoms with van der Waals surface area (Å²) < 4.78 is 22.1. The largest absolute Gasteiger partial charge is 0.493 e. The van der Waals surface area contributed by atoms with Gasteiger partial charge >= 0.3 is 0 Å². The van der Waals surface area contributed by atoms with E-state index >= 15 is 0 Å². The van der Waals surface area contributed by atoms with Crippen LogP contribution in [0.1, 0.15) is 30.7 Å². The van der Waals surface area contributed by atoms with Crippen LogP contribution in [-0.2, 0) is 22.5 Å². The number of carbonyl (C=O) groups is 1. The van der Waals surface area contributed by atoms with Crippen molar-refractivity contribution in [1.29, 1.82) is 0 Å². The molecule has 1 unspecified atom stereocenters. The van der Waals surface area contributed by atoms with E-state index in [1.165, 1.54) is 0 Å². The lowest BCUT2D eigenvalue weighted by Gasteiger charge is -2.19. The van der Waals surface area contributed by atoms with Gasteiger partial charge in [0.15, 0.2) is 0 Å². The van der Waals surface area contributed by atoms with Crippen molar-refractivity contribution in [2.24, 2.45) is 0 Å². The molecule has 0 aliphatic carbocycles. The molecule has 0 fully saturated rings. The van der Waals surface area contributed by atoms with Crippen LogP contribution in [-0.4, -0.2) is 43.8 Å². The van der Waals surface area contributed by atoms with Gasteiger partial charge in [0, 0.05) is 37.3 Å². The fourth-order valence-corrected chi connectivity index (χ4v) is 3.19. The molecule has 0 N–H and O–H groups in total. The highest BCUT2D eigenvalue weighted by Crippen LogP contribution is 2.35. The summed E-state index contributed by atoms with van der Waals surface area (Å²) in [5.74, 6) is 2.23. The molecule has 0 radical (unpaired) electrons. The first-order valence-corrected chi connectivity index (χ1v) is 9.55. The van der Waals surface area contributed by atoms with E-state index in [1.54, 1.807) is 30.4 Å². The maximum absolute atomic E-state index is 12.8. The van der Waals surface area contributed by atoms with E-state index in [0.29, 0.717) is 26.3 Å². The number of amides is 1. The zero-order chi connectivity index (χ0) is 19.9. The second kappa shape index (κ2) is 9.46. The summed E-state index contributed by atoms with van der Waals surface area (Å²) >= 11 is 0. The molecule has 6 heteroatoms. The number of rotatable bonds is 9. The van der Waals surface area contributed by atoms with Crippen molar-refractivity contribution in [3.05, 3.63) is 53.5 Å². The van der Waals surface area contributed by atoms with Crippen molar-refractivity contribution in [1.82, 2.24) is 4.90 Å². The summed E-state index contributed by atoms with van der Waals surface area (Å²) in [6.07, 6.45) is 5.96. The van der Waals surface area contributed by atoms with Gasteiger partial charge in [0.05, 0.1) is 26.0 Å². The summed E-state index contributed by atoms with van der Waals surface area (Å²) in [5, 5.41) is 0. The summed E-state index contributed by atoms with van der Waals surface area (Å²) in [6.45, 7) is 5.87. The predicted molar refractivity (Wildman–Crippen MR) is 106 cm³/mol. The van der Waals surface area contributed by atoms with Gasteiger partial charge in [-0.2, -0.15) is 0 Å². The lowest BCUT2D eigenvalue weighted by atomic mass is 10.1. The zero-order valence-corrected chi connectivity index (χ0v) is 16.6. The Morgan fingerprint density at radius 1 is 1.39 bits per heavy atom. The summed E-state index contributed by atoms with van der Waals surface area (Å²) in [5.41, 5.74) is 1.96. The Hall–Kier alpha value is -2.73. The minimum absolute atomic E-state index is 0.120. The first kappa shape index (κ1) is 20.0. The fraction of sp³-hybridized carbons (Fsp3) is 0.409. The minimum Gasteiger partial charge on any atom is -0.493 e. The third-order valence-corrected chi connectivity index (χ3v) is 4.54. The lowest BCUT2D eigenvalue weighted by Crippen LogP contribution is -2.31. The van der Waals surface area contributed by atoms with Crippen LogP contribution in [0.15, 0.2) is 41.0 Å². The second-order valence-corrected chi connectivity index (χ2v) is 6.73. The standard InChI is InChI=1S/C22H27NO5/c1-4-26-20-14-18-12-16(2)28-21(18)13-17(20)7-8-22(24)23(9-11-25-3)15-19-6-5-10-27-19/h5-8,10,13-14,16H,4,9,11-12,15H2,1-3H3/b8-7+. The number of methoxy groups -OCH3 is 1. The third-order valence-electron chi connectivity index (χ3n) is 4.54. The molecule has 2 aromatic rings. The fourth-order valence-electron chi connectivity index (χ4n) is 3.19. The average molecular weight is 385 g/mol. The molecule has 0 saturated carbocycles. The molecular weight excluding hydrogens is 358 g/mol. The van der Waals surface area contributed by atoms with Crippen molar-refractivity contribution in [3.63, 3.8) is 0 Å². The van der Waals surface area contributed by atoms with Crippen LogP contribution in [0.2, 0.25) is 0 Å². The molecule has 1 aromatic carbocycles. The molecule has 0 spiro atoms. The molecule has 150 valence electrons. The topological polar surface area (TPSA) is 61.1 Å². The molecule has 0 saturated heterocycles. The zero-order valence-electron chi connectivity index (χ0n) is 16.6. The highest BCUT2D eigenvalue weighted by molar-refractivity contribution is 5.92. The normalized spacial score (nSPS) is 15.5. The molecule has 2 heterocycles. The number of carbonyl (C=O) groups excluding carboxylic acids is 1. The molecule has 3 rings (SSSR count). The molecule has 1 aliphatic heterocycles. The minimum atomic E-state index is -0.120. The Bertz CT molecular complexity index is 813. The Labute approximate surface area is 165 Å². The van der Waals surface area contributed by atoms with Crippen molar-refractivity contribution >= 4 is 12.0 Å². The van der Waals surface area contributed by atoms with Crippen molar-refractivity contribution in [2.45, 2.75) is 32.9 Å². The lowest BCUT2D eigenvalue weighted by molar-refractivity contribution is -0.127. The second-order valence-electron chi connectivity index (χ2n) is 6.73. The Balaban J connectivity index is 1.78. The monoisotopic (exact) mass is 385 g/mol. The van der Waals surface area contributed by atoms with Gasteiger partial charge in [0.25, 0.3) is 0 Å². The van der Waals surface area contributed by atoms with Gasteiger partial charge < -0.3 is 23.5 Å². The SMILES string of the molecule is CCOc1cc2c(cc1/C=C/C(=O)N(CCOC)Cc1ccco1)OC(C)C2. The maximum atomic E-state index is 12.8. The molecule has 28 heavy (non-hydrogen) atoms.